The summed E-state index contributed by atoms with van der Waals surface area (Å²) in [7, 11) is 1.47. The van der Waals surface area contributed by atoms with Crippen LogP contribution in [0.15, 0.2) is 6.20 Å². The minimum Gasteiger partial charge on any atom is -0.455 e. The van der Waals surface area contributed by atoms with Gasteiger partial charge in [-0.2, -0.15) is 0 Å². The Labute approximate surface area is 115 Å². The first-order valence-electron chi connectivity index (χ1n) is 6.04. The molecule has 6 nitrogen and oxygen atoms in total. The zero-order chi connectivity index (χ0) is 13.8. The average Bonchev–Trinajstić information content (AvgIpc) is 3.07. The molecule has 0 amide bonds. The molecule has 1 fully saturated rings. The number of rotatable bonds is 5. The summed E-state index contributed by atoms with van der Waals surface area (Å²) in [6.45, 7) is 4.60. The van der Waals surface area contributed by atoms with Crippen LogP contribution in [0.1, 0.15) is 36.1 Å². The minimum atomic E-state index is -0.573. The van der Waals surface area contributed by atoms with E-state index in [2.05, 4.69) is 4.98 Å². The molecule has 1 aliphatic heterocycles. The lowest BCUT2D eigenvalue weighted by atomic mass is 10.3. The van der Waals surface area contributed by atoms with Crippen LogP contribution in [0.5, 0.6) is 0 Å². The van der Waals surface area contributed by atoms with E-state index in [-0.39, 0.29) is 12.4 Å². The van der Waals surface area contributed by atoms with Crippen molar-refractivity contribution in [2.75, 3.05) is 20.3 Å². The number of esters is 1. The molecule has 0 aromatic carbocycles. The third-order valence-electron chi connectivity index (χ3n) is 2.74. The highest BCUT2D eigenvalue weighted by Gasteiger charge is 2.24. The van der Waals surface area contributed by atoms with Crippen LogP contribution < -0.4 is 0 Å². The second kappa shape index (κ2) is 6.42. The Hall–Kier alpha value is -1.02. The molecule has 1 aliphatic rings. The smallest absolute Gasteiger partial charge is 0.335 e. The molecule has 19 heavy (non-hydrogen) atoms. The largest absolute Gasteiger partial charge is 0.455 e. The number of thiazole rings is 1. The quantitative estimate of drug-likeness (QED) is 0.770. The Morgan fingerprint density at radius 2 is 2.16 bits per heavy atom. The molecule has 0 bridgehead atoms. The third kappa shape index (κ3) is 3.50. The maximum atomic E-state index is 11.6. The van der Waals surface area contributed by atoms with Crippen molar-refractivity contribution in [1.29, 1.82) is 0 Å². The van der Waals surface area contributed by atoms with Gasteiger partial charge >= 0.3 is 5.97 Å². The summed E-state index contributed by atoms with van der Waals surface area (Å²) in [5.74, 6) is -0.390. The van der Waals surface area contributed by atoms with Crippen molar-refractivity contribution in [3.05, 3.63) is 16.1 Å². The zero-order valence-electron chi connectivity index (χ0n) is 11.1. The highest BCUT2D eigenvalue weighted by atomic mass is 32.1. The first-order chi connectivity index (χ1) is 9.11. The van der Waals surface area contributed by atoms with Gasteiger partial charge in [-0.05, 0) is 13.8 Å². The van der Waals surface area contributed by atoms with Crippen molar-refractivity contribution in [2.45, 2.75) is 32.3 Å². The van der Waals surface area contributed by atoms with Crippen molar-refractivity contribution >= 4 is 17.3 Å². The summed E-state index contributed by atoms with van der Waals surface area (Å²) < 4.78 is 20.9. The van der Waals surface area contributed by atoms with Gasteiger partial charge in [-0.15, -0.1) is 11.3 Å². The normalized spacial score (nSPS) is 19.3. The van der Waals surface area contributed by atoms with E-state index in [4.69, 9.17) is 18.9 Å². The van der Waals surface area contributed by atoms with Gasteiger partial charge in [-0.25, -0.2) is 9.78 Å². The highest BCUT2D eigenvalue weighted by molar-refractivity contribution is 7.11. The number of nitrogens with zero attached hydrogens (tertiary/aromatic N) is 1. The molecule has 106 valence electrons. The molecular weight excluding hydrogens is 270 g/mol. The van der Waals surface area contributed by atoms with Gasteiger partial charge in [0.25, 0.3) is 0 Å². The van der Waals surface area contributed by atoms with E-state index in [9.17, 15) is 4.79 Å². The fourth-order valence-electron chi connectivity index (χ4n) is 1.52. The third-order valence-corrected chi connectivity index (χ3v) is 3.92. The van der Waals surface area contributed by atoms with Crippen LogP contribution in [0, 0.1) is 0 Å². The van der Waals surface area contributed by atoms with Crippen LogP contribution in [0.2, 0.25) is 0 Å². The lowest BCUT2D eigenvalue weighted by molar-refractivity contribution is -0.159. The number of carbonyl (C=O) groups excluding carboxylic acids is 1. The molecule has 0 spiro atoms. The molecular formula is C12H17NO5S. The first kappa shape index (κ1) is 14.4. The fraction of sp³-hybridized carbons (Fsp3) is 0.667. The number of hydrogen-bond donors (Lipinski definition) is 0. The van der Waals surface area contributed by atoms with E-state index in [0.717, 1.165) is 9.88 Å². The molecule has 7 heteroatoms. The summed E-state index contributed by atoms with van der Waals surface area (Å²) >= 11 is 1.42. The molecule has 2 atom stereocenters. The lowest BCUT2D eigenvalue weighted by Crippen LogP contribution is -2.22. The molecule has 0 saturated carbocycles. The minimum absolute atomic E-state index is 0.363. The molecule has 2 rings (SSSR count). The van der Waals surface area contributed by atoms with Gasteiger partial charge in [0, 0.05) is 13.3 Å². The van der Waals surface area contributed by atoms with Gasteiger partial charge in [-0.1, -0.05) is 0 Å². The maximum Gasteiger partial charge on any atom is 0.335 e. The number of ether oxygens (including phenoxy) is 4. The average molecular weight is 287 g/mol. The van der Waals surface area contributed by atoms with E-state index < -0.39 is 12.1 Å². The maximum absolute atomic E-state index is 11.6. The number of carbonyl (C=O) groups is 1. The van der Waals surface area contributed by atoms with Gasteiger partial charge < -0.3 is 18.9 Å². The lowest BCUT2D eigenvalue weighted by Gasteiger charge is -2.14. The van der Waals surface area contributed by atoms with Crippen LogP contribution in [0.4, 0.5) is 0 Å². The van der Waals surface area contributed by atoms with E-state index in [1.807, 2.05) is 0 Å². The molecule has 0 N–H and O–H groups in total. The summed E-state index contributed by atoms with van der Waals surface area (Å²) in [4.78, 5) is 16.7. The Kier molecular flexibility index (Phi) is 4.87. The van der Waals surface area contributed by atoms with Gasteiger partial charge in [-0.3, -0.25) is 0 Å². The molecule has 1 saturated heterocycles. The van der Waals surface area contributed by atoms with Crippen molar-refractivity contribution in [3.63, 3.8) is 0 Å². The van der Waals surface area contributed by atoms with Crippen LogP contribution in [-0.4, -0.2) is 37.4 Å². The van der Waals surface area contributed by atoms with E-state index >= 15 is 0 Å². The Bertz CT molecular complexity index is 430. The van der Waals surface area contributed by atoms with Crippen molar-refractivity contribution in [1.82, 2.24) is 4.98 Å². The number of aromatic nitrogens is 1. The Morgan fingerprint density at radius 1 is 1.47 bits per heavy atom. The van der Waals surface area contributed by atoms with Gasteiger partial charge in [0.2, 0.25) is 6.29 Å². The Morgan fingerprint density at radius 3 is 2.79 bits per heavy atom. The summed E-state index contributed by atoms with van der Waals surface area (Å²) in [6, 6.07) is 0. The molecule has 1 aromatic heterocycles. The molecule has 2 heterocycles. The van der Waals surface area contributed by atoms with Crippen LogP contribution >= 0.6 is 11.3 Å². The summed E-state index contributed by atoms with van der Waals surface area (Å²) in [5.41, 5.74) is 0. The molecule has 0 radical (unpaired) electrons. The van der Waals surface area contributed by atoms with Crippen molar-refractivity contribution < 1.29 is 23.7 Å². The second-order valence-corrected chi connectivity index (χ2v) is 5.23. The van der Waals surface area contributed by atoms with Crippen LogP contribution in [-0.2, 0) is 23.7 Å². The summed E-state index contributed by atoms with van der Waals surface area (Å²) in [6.07, 6.45) is 0.356. The SMILES string of the molecule is CO[C@@H](C)C(=O)O[C@@H](C)c1cnc(C2OCCO2)s1. The highest BCUT2D eigenvalue weighted by Crippen LogP contribution is 2.31. The van der Waals surface area contributed by atoms with Crippen LogP contribution in [0.25, 0.3) is 0 Å². The van der Waals surface area contributed by atoms with Gasteiger partial charge in [0.15, 0.2) is 6.10 Å². The van der Waals surface area contributed by atoms with Crippen LogP contribution in [0.3, 0.4) is 0 Å². The van der Waals surface area contributed by atoms with Gasteiger partial charge in [0.1, 0.15) is 11.1 Å². The Balaban J connectivity index is 1.95. The predicted molar refractivity (Wildman–Crippen MR) is 67.7 cm³/mol. The zero-order valence-corrected chi connectivity index (χ0v) is 11.9. The van der Waals surface area contributed by atoms with Crippen molar-refractivity contribution in [2.24, 2.45) is 0 Å². The number of hydrogen-bond acceptors (Lipinski definition) is 7. The molecule has 1 aromatic rings. The fourth-order valence-corrected chi connectivity index (χ4v) is 2.42. The van der Waals surface area contributed by atoms with Crippen molar-refractivity contribution in [3.8, 4) is 0 Å². The second-order valence-electron chi connectivity index (χ2n) is 4.13. The van der Waals surface area contributed by atoms with E-state index in [1.165, 1.54) is 18.4 Å². The van der Waals surface area contributed by atoms with Gasteiger partial charge in [0.05, 0.1) is 18.1 Å². The molecule has 0 aliphatic carbocycles. The molecule has 0 unspecified atom stereocenters. The number of methoxy groups -OCH3 is 1. The van der Waals surface area contributed by atoms with E-state index in [1.54, 1.807) is 20.0 Å². The first-order valence-corrected chi connectivity index (χ1v) is 6.85. The summed E-state index contributed by atoms with van der Waals surface area (Å²) in [5, 5.41) is 0.746. The monoisotopic (exact) mass is 287 g/mol. The standard InChI is InChI=1S/C12H17NO5S/c1-7(18-11(14)8(2)15-3)9-6-13-10(19-9)12-16-4-5-17-12/h6-8,12H,4-5H2,1-3H3/t7-,8-/m0/s1. The van der Waals surface area contributed by atoms with E-state index in [0.29, 0.717) is 13.2 Å². The predicted octanol–water partition coefficient (Wildman–Crippen LogP) is 1.83. The topological polar surface area (TPSA) is 66.9 Å².